The average molecular weight is 305 g/mol. The maximum absolute atomic E-state index is 11.7. The van der Waals surface area contributed by atoms with Crippen molar-refractivity contribution in [2.45, 2.75) is 39.9 Å². The van der Waals surface area contributed by atoms with Gasteiger partial charge in [0.1, 0.15) is 12.2 Å². The topological polar surface area (TPSA) is 64.6 Å². The smallest absolute Gasteiger partial charge is 0.407 e. The molecule has 1 N–H and O–H groups in total. The van der Waals surface area contributed by atoms with Gasteiger partial charge in [-0.25, -0.2) is 9.59 Å². The van der Waals surface area contributed by atoms with Crippen molar-refractivity contribution in [1.82, 2.24) is 5.32 Å². The summed E-state index contributed by atoms with van der Waals surface area (Å²) in [7, 11) is 0. The van der Waals surface area contributed by atoms with Crippen LogP contribution in [0.2, 0.25) is 0 Å². The maximum Gasteiger partial charge on any atom is 0.407 e. The van der Waals surface area contributed by atoms with Crippen LogP contribution in [0.5, 0.6) is 0 Å². The molecular weight excluding hydrogens is 282 g/mol. The van der Waals surface area contributed by atoms with Crippen LogP contribution in [0.1, 0.15) is 33.3 Å². The Balaban J connectivity index is 2.31. The molecule has 1 aromatic rings. The number of carbonyl (C=O) groups excluding carboxylic acids is 2. The standard InChI is InChI=1S/C17H23NO4/c1-13(15(19)22-17(2,3)4)10-11-18-16(20)21-12-14-8-6-5-7-9-14/h5-10H,11-12H2,1-4H3,(H,18,20)/b13-10+. The molecule has 0 saturated carbocycles. The van der Waals surface area contributed by atoms with Crippen molar-refractivity contribution >= 4 is 12.1 Å². The molecule has 1 aromatic carbocycles. The molecule has 0 radical (unpaired) electrons. The lowest BCUT2D eigenvalue weighted by atomic mass is 10.2. The van der Waals surface area contributed by atoms with Crippen molar-refractivity contribution in [3.05, 3.63) is 47.5 Å². The second-order valence-corrected chi connectivity index (χ2v) is 5.83. The van der Waals surface area contributed by atoms with E-state index in [9.17, 15) is 9.59 Å². The van der Waals surface area contributed by atoms with Crippen molar-refractivity contribution < 1.29 is 19.1 Å². The lowest BCUT2D eigenvalue weighted by molar-refractivity contribution is -0.149. The number of nitrogens with one attached hydrogen (secondary N) is 1. The molecule has 0 unspecified atom stereocenters. The van der Waals surface area contributed by atoms with E-state index in [0.29, 0.717) is 5.57 Å². The minimum Gasteiger partial charge on any atom is -0.457 e. The van der Waals surface area contributed by atoms with E-state index >= 15 is 0 Å². The van der Waals surface area contributed by atoms with Crippen LogP contribution in [-0.4, -0.2) is 24.2 Å². The molecule has 0 aliphatic carbocycles. The van der Waals surface area contributed by atoms with Gasteiger partial charge in [-0.05, 0) is 33.3 Å². The molecule has 120 valence electrons. The molecule has 0 aliphatic heterocycles. The Morgan fingerprint density at radius 1 is 1.18 bits per heavy atom. The van der Waals surface area contributed by atoms with Gasteiger partial charge in [0.2, 0.25) is 0 Å². The zero-order valence-corrected chi connectivity index (χ0v) is 13.5. The van der Waals surface area contributed by atoms with Crippen LogP contribution in [0.15, 0.2) is 42.0 Å². The van der Waals surface area contributed by atoms with E-state index in [2.05, 4.69) is 5.32 Å². The second kappa shape index (κ2) is 8.22. The Morgan fingerprint density at radius 2 is 1.82 bits per heavy atom. The van der Waals surface area contributed by atoms with Gasteiger partial charge in [0.15, 0.2) is 0 Å². The number of esters is 1. The lowest BCUT2D eigenvalue weighted by Gasteiger charge is -2.19. The number of hydrogen-bond acceptors (Lipinski definition) is 4. The fraction of sp³-hybridized carbons (Fsp3) is 0.412. The number of carbonyl (C=O) groups is 2. The summed E-state index contributed by atoms with van der Waals surface area (Å²) in [6.07, 6.45) is 1.06. The number of ether oxygens (including phenoxy) is 2. The number of alkyl carbamates (subject to hydrolysis) is 1. The van der Waals surface area contributed by atoms with Gasteiger partial charge >= 0.3 is 12.1 Å². The van der Waals surface area contributed by atoms with Gasteiger partial charge in [0.25, 0.3) is 0 Å². The normalized spacial score (nSPS) is 11.7. The molecule has 5 heteroatoms. The van der Waals surface area contributed by atoms with Gasteiger partial charge < -0.3 is 14.8 Å². The van der Waals surface area contributed by atoms with Crippen LogP contribution in [0, 0.1) is 0 Å². The Kier molecular flexibility index (Phi) is 6.63. The highest BCUT2D eigenvalue weighted by Gasteiger charge is 2.17. The fourth-order valence-electron chi connectivity index (χ4n) is 1.50. The molecule has 5 nitrogen and oxygen atoms in total. The third-order valence-corrected chi connectivity index (χ3v) is 2.59. The van der Waals surface area contributed by atoms with E-state index in [1.807, 2.05) is 30.3 Å². The van der Waals surface area contributed by atoms with Gasteiger partial charge in [0.05, 0.1) is 0 Å². The van der Waals surface area contributed by atoms with Gasteiger partial charge in [-0.2, -0.15) is 0 Å². The van der Waals surface area contributed by atoms with Crippen molar-refractivity contribution in [2.75, 3.05) is 6.54 Å². The van der Waals surface area contributed by atoms with E-state index in [-0.39, 0.29) is 13.2 Å². The first kappa shape index (κ1) is 17.8. The van der Waals surface area contributed by atoms with Crippen molar-refractivity contribution in [1.29, 1.82) is 0 Å². The molecule has 1 amide bonds. The van der Waals surface area contributed by atoms with Crippen LogP contribution >= 0.6 is 0 Å². The molecule has 22 heavy (non-hydrogen) atoms. The summed E-state index contributed by atoms with van der Waals surface area (Å²) in [6, 6.07) is 9.40. The molecule has 0 aromatic heterocycles. The molecule has 0 spiro atoms. The molecule has 0 atom stereocenters. The van der Waals surface area contributed by atoms with Crippen molar-refractivity contribution in [3.63, 3.8) is 0 Å². The summed E-state index contributed by atoms with van der Waals surface area (Å²) in [5.41, 5.74) is 0.824. The first-order valence-electron chi connectivity index (χ1n) is 7.12. The van der Waals surface area contributed by atoms with E-state index in [1.54, 1.807) is 33.8 Å². The third-order valence-electron chi connectivity index (χ3n) is 2.59. The Labute approximate surface area is 131 Å². The highest BCUT2D eigenvalue weighted by Crippen LogP contribution is 2.10. The van der Waals surface area contributed by atoms with Gasteiger partial charge in [-0.3, -0.25) is 0 Å². The predicted molar refractivity (Wildman–Crippen MR) is 84.2 cm³/mol. The Hall–Kier alpha value is -2.30. The quantitative estimate of drug-likeness (QED) is 0.670. The number of hydrogen-bond donors (Lipinski definition) is 1. The van der Waals surface area contributed by atoms with Gasteiger partial charge in [-0.1, -0.05) is 36.4 Å². The number of amides is 1. The summed E-state index contributed by atoms with van der Waals surface area (Å²) in [4.78, 5) is 23.2. The lowest BCUT2D eigenvalue weighted by Crippen LogP contribution is -2.26. The fourth-order valence-corrected chi connectivity index (χ4v) is 1.50. The average Bonchev–Trinajstić information content (AvgIpc) is 2.44. The highest BCUT2D eigenvalue weighted by molar-refractivity contribution is 5.88. The number of benzene rings is 1. The van der Waals surface area contributed by atoms with Crippen LogP contribution in [0.3, 0.4) is 0 Å². The van der Waals surface area contributed by atoms with Crippen LogP contribution in [-0.2, 0) is 20.9 Å². The summed E-state index contributed by atoms with van der Waals surface area (Å²) in [6.45, 7) is 7.47. The monoisotopic (exact) mass is 305 g/mol. The summed E-state index contributed by atoms with van der Waals surface area (Å²) in [5, 5.41) is 2.56. The van der Waals surface area contributed by atoms with E-state index in [4.69, 9.17) is 9.47 Å². The molecule has 1 rings (SSSR count). The number of rotatable bonds is 5. The molecule has 0 fully saturated rings. The van der Waals surface area contributed by atoms with Crippen LogP contribution in [0.4, 0.5) is 4.79 Å². The maximum atomic E-state index is 11.7. The highest BCUT2D eigenvalue weighted by atomic mass is 16.6. The van der Waals surface area contributed by atoms with E-state index in [0.717, 1.165) is 5.56 Å². The minimum atomic E-state index is -0.534. The SMILES string of the molecule is C/C(=C\CNC(=O)OCc1ccccc1)C(=O)OC(C)(C)C. The van der Waals surface area contributed by atoms with Crippen molar-refractivity contribution in [2.24, 2.45) is 0 Å². The molecule has 0 saturated heterocycles. The Bertz CT molecular complexity index is 529. The zero-order chi connectivity index (χ0) is 16.6. The summed E-state index contributed by atoms with van der Waals surface area (Å²) >= 11 is 0. The largest absolute Gasteiger partial charge is 0.457 e. The van der Waals surface area contributed by atoms with Crippen molar-refractivity contribution in [3.8, 4) is 0 Å². The second-order valence-electron chi connectivity index (χ2n) is 5.83. The zero-order valence-electron chi connectivity index (χ0n) is 13.5. The van der Waals surface area contributed by atoms with Crippen LogP contribution < -0.4 is 5.32 Å². The van der Waals surface area contributed by atoms with Gasteiger partial charge in [0, 0.05) is 12.1 Å². The third kappa shape index (κ3) is 7.47. The molecular formula is C17H23NO4. The predicted octanol–water partition coefficient (Wildman–Crippen LogP) is 3.20. The molecule has 0 aliphatic rings. The first-order valence-corrected chi connectivity index (χ1v) is 7.12. The van der Waals surface area contributed by atoms with E-state index in [1.165, 1.54) is 0 Å². The Morgan fingerprint density at radius 3 is 2.41 bits per heavy atom. The van der Waals surface area contributed by atoms with E-state index < -0.39 is 17.7 Å². The first-order chi connectivity index (χ1) is 10.3. The summed E-state index contributed by atoms with van der Waals surface area (Å²) < 4.78 is 10.3. The minimum absolute atomic E-state index is 0.207. The van der Waals surface area contributed by atoms with Crippen LogP contribution in [0.25, 0.3) is 0 Å². The molecule has 0 heterocycles. The molecule has 0 bridgehead atoms. The van der Waals surface area contributed by atoms with Gasteiger partial charge in [-0.15, -0.1) is 0 Å². The summed E-state index contributed by atoms with van der Waals surface area (Å²) in [5.74, 6) is -0.396.